The van der Waals surface area contributed by atoms with E-state index < -0.39 is 10.0 Å². The van der Waals surface area contributed by atoms with Crippen molar-refractivity contribution in [3.05, 3.63) is 78.3 Å². The Kier molecular flexibility index (Phi) is 7.38. The summed E-state index contributed by atoms with van der Waals surface area (Å²) in [5, 5.41) is 0. The van der Waals surface area contributed by atoms with Crippen LogP contribution in [0.25, 0.3) is 0 Å². The molecular formula is C26H30N2O5S. The molecule has 34 heavy (non-hydrogen) atoms. The van der Waals surface area contributed by atoms with Gasteiger partial charge < -0.3 is 14.1 Å². The van der Waals surface area contributed by atoms with Crippen LogP contribution in [0.2, 0.25) is 0 Å². The third-order valence-electron chi connectivity index (χ3n) is 6.08. The molecule has 1 saturated heterocycles. The van der Waals surface area contributed by atoms with Gasteiger partial charge in [0, 0.05) is 24.7 Å². The Bertz CT molecular complexity index is 1180. The summed E-state index contributed by atoms with van der Waals surface area (Å²) < 4.78 is 38.6. The second-order valence-corrected chi connectivity index (χ2v) is 10.4. The van der Waals surface area contributed by atoms with Crippen LogP contribution in [0, 0.1) is 12.8 Å². The number of nitrogens with zero attached hydrogens (tertiary/aromatic N) is 2. The van der Waals surface area contributed by atoms with Gasteiger partial charge in [0.2, 0.25) is 15.9 Å². The fourth-order valence-electron chi connectivity index (χ4n) is 4.17. The van der Waals surface area contributed by atoms with Crippen molar-refractivity contribution in [2.75, 3.05) is 24.6 Å². The van der Waals surface area contributed by atoms with Crippen molar-refractivity contribution >= 4 is 21.6 Å². The number of hydrogen-bond donors (Lipinski definition) is 0. The Balaban J connectivity index is 1.46. The molecular weight excluding hydrogens is 452 g/mol. The summed E-state index contributed by atoms with van der Waals surface area (Å²) in [5.41, 5.74) is 1.92. The second-order valence-electron chi connectivity index (χ2n) is 8.42. The summed E-state index contributed by atoms with van der Waals surface area (Å²) in [4.78, 5) is 15.5. The number of anilines is 1. The number of carbonyl (C=O) groups excluding carboxylic acids is 1. The van der Waals surface area contributed by atoms with Crippen LogP contribution in [0.3, 0.4) is 0 Å². The fourth-order valence-corrected chi connectivity index (χ4v) is 5.64. The van der Waals surface area contributed by atoms with Gasteiger partial charge in [-0.25, -0.2) is 8.42 Å². The maximum atomic E-state index is 13.5. The lowest BCUT2D eigenvalue weighted by molar-refractivity contribution is -0.123. The van der Waals surface area contributed by atoms with Crippen molar-refractivity contribution < 1.29 is 22.4 Å². The van der Waals surface area contributed by atoms with Gasteiger partial charge in [-0.15, -0.1) is 0 Å². The lowest BCUT2D eigenvalue weighted by Gasteiger charge is -2.33. The molecule has 8 heteroatoms. The molecule has 0 spiro atoms. The van der Waals surface area contributed by atoms with E-state index in [4.69, 9.17) is 9.15 Å². The third kappa shape index (κ3) is 5.34. The van der Waals surface area contributed by atoms with E-state index in [0.717, 1.165) is 11.3 Å². The zero-order valence-corrected chi connectivity index (χ0v) is 20.3. The summed E-state index contributed by atoms with van der Waals surface area (Å²) in [6.45, 7) is 5.34. The van der Waals surface area contributed by atoms with Gasteiger partial charge in [0.1, 0.15) is 11.5 Å². The van der Waals surface area contributed by atoms with Crippen molar-refractivity contribution in [2.24, 2.45) is 5.92 Å². The number of aryl methyl sites for hydroxylation is 1. The minimum absolute atomic E-state index is 0.0154. The van der Waals surface area contributed by atoms with E-state index in [1.807, 2.05) is 44.2 Å². The molecule has 1 amide bonds. The van der Waals surface area contributed by atoms with Crippen molar-refractivity contribution in [3.63, 3.8) is 0 Å². The Morgan fingerprint density at radius 2 is 1.74 bits per heavy atom. The largest absolute Gasteiger partial charge is 0.494 e. The molecule has 180 valence electrons. The van der Waals surface area contributed by atoms with Crippen LogP contribution >= 0.6 is 0 Å². The molecule has 0 N–H and O–H groups in total. The molecule has 7 nitrogen and oxygen atoms in total. The monoisotopic (exact) mass is 482 g/mol. The number of amides is 1. The van der Waals surface area contributed by atoms with E-state index in [2.05, 4.69) is 0 Å². The van der Waals surface area contributed by atoms with E-state index in [-0.39, 0.29) is 16.7 Å². The lowest BCUT2D eigenvalue weighted by atomic mass is 9.96. The SMILES string of the molecule is CCOc1ccc(S(=O)(=O)N2CCC(C(=O)N(Cc3ccco3)c3ccc(C)cc3)CC2)cc1. The van der Waals surface area contributed by atoms with Crippen LogP contribution in [-0.4, -0.2) is 38.3 Å². The molecule has 0 radical (unpaired) electrons. The van der Waals surface area contributed by atoms with Gasteiger partial charge in [-0.2, -0.15) is 4.31 Å². The van der Waals surface area contributed by atoms with E-state index in [0.29, 0.717) is 50.6 Å². The van der Waals surface area contributed by atoms with Crippen LogP contribution in [0.1, 0.15) is 31.1 Å². The first kappa shape index (κ1) is 24.0. The first-order chi connectivity index (χ1) is 16.4. The number of piperidine rings is 1. The van der Waals surface area contributed by atoms with Gasteiger partial charge >= 0.3 is 0 Å². The highest BCUT2D eigenvalue weighted by atomic mass is 32.2. The van der Waals surface area contributed by atoms with E-state index in [1.165, 1.54) is 4.31 Å². The summed E-state index contributed by atoms with van der Waals surface area (Å²) in [6, 6.07) is 17.9. The number of carbonyl (C=O) groups is 1. The van der Waals surface area contributed by atoms with Crippen LogP contribution in [0.4, 0.5) is 5.69 Å². The molecule has 2 heterocycles. The highest BCUT2D eigenvalue weighted by Crippen LogP contribution is 2.29. The second kappa shape index (κ2) is 10.4. The van der Waals surface area contributed by atoms with Gasteiger partial charge in [-0.05, 0) is 75.2 Å². The molecule has 2 aromatic carbocycles. The standard InChI is InChI=1S/C26H30N2O5S/c1-3-32-23-10-12-25(13-11-23)34(30,31)27-16-14-21(15-17-27)26(29)28(19-24-5-4-18-33-24)22-8-6-20(2)7-9-22/h4-13,18,21H,3,14-17,19H2,1-2H3. The number of benzene rings is 2. The molecule has 0 unspecified atom stereocenters. The van der Waals surface area contributed by atoms with Gasteiger partial charge in [-0.1, -0.05) is 17.7 Å². The predicted octanol–water partition coefficient (Wildman–Crippen LogP) is 4.62. The van der Waals surface area contributed by atoms with Gasteiger partial charge in [-0.3, -0.25) is 4.79 Å². The number of rotatable bonds is 8. The molecule has 0 atom stereocenters. The van der Waals surface area contributed by atoms with Crippen LogP contribution in [0.15, 0.2) is 76.2 Å². The predicted molar refractivity (Wildman–Crippen MR) is 130 cm³/mol. The number of sulfonamides is 1. The Labute approximate surface area is 201 Å². The highest BCUT2D eigenvalue weighted by Gasteiger charge is 2.34. The minimum atomic E-state index is -3.62. The van der Waals surface area contributed by atoms with Crippen molar-refractivity contribution in [1.82, 2.24) is 4.31 Å². The van der Waals surface area contributed by atoms with Gasteiger partial charge in [0.05, 0.1) is 24.3 Å². The quantitative estimate of drug-likeness (QED) is 0.468. The molecule has 1 aromatic heterocycles. The molecule has 0 aliphatic carbocycles. The summed E-state index contributed by atoms with van der Waals surface area (Å²) in [5.74, 6) is 1.06. The molecule has 1 aliphatic rings. The molecule has 3 aromatic rings. The molecule has 4 rings (SSSR count). The first-order valence-electron chi connectivity index (χ1n) is 11.5. The average molecular weight is 483 g/mol. The van der Waals surface area contributed by atoms with Crippen LogP contribution < -0.4 is 9.64 Å². The van der Waals surface area contributed by atoms with Crippen LogP contribution in [-0.2, 0) is 21.4 Å². The highest BCUT2D eigenvalue weighted by molar-refractivity contribution is 7.89. The molecule has 0 bridgehead atoms. The topological polar surface area (TPSA) is 80.1 Å². The third-order valence-corrected chi connectivity index (χ3v) is 7.99. The maximum Gasteiger partial charge on any atom is 0.243 e. The number of ether oxygens (including phenoxy) is 1. The minimum Gasteiger partial charge on any atom is -0.494 e. The zero-order chi connectivity index (χ0) is 24.1. The van der Waals surface area contributed by atoms with Gasteiger partial charge in [0.25, 0.3) is 0 Å². The van der Waals surface area contributed by atoms with E-state index in [9.17, 15) is 13.2 Å². The zero-order valence-electron chi connectivity index (χ0n) is 19.5. The molecule has 0 saturated carbocycles. The first-order valence-corrected chi connectivity index (χ1v) is 13.0. The molecule has 1 aliphatic heterocycles. The Morgan fingerprint density at radius 3 is 2.32 bits per heavy atom. The van der Waals surface area contributed by atoms with Crippen molar-refractivity contribution in [1.29, 1.82) is 0 Å². The van der Waals surface area contributed by atoms with Crippen LogP contribution in [0.5, 0.6) is 5.75 Å². The summed E-state index contributed by atoms with van der Waals surface area (Å²) in [6.07, 6.45) is 2.53. The van der Waals surface area contributed by atoms with E-state index in [1.54, 1.807) is 41.5 Å². The van der Waals surface area contributed by atoms with Gasteiger partial charge in [0.15, 0.2) is 0 Å². The number of hydrogen-bond acceptors (Lipinski definition) is 5. The normalized spacial score (nSPS) is 15.2. The lowest BCUT2D eigenvalue weighted by Crippen LogP contribution is -2.44. The van der Waals surface area contributed by atoms with Crippen molar-refractivity contribution in [3.8, 4) is 5.75 Å². The fraction of sp³-hybridized carbons (Fsp3) is 0.346. The summed E-state index contributed by atoms with van der Waals surface area (Å²) in [7, 11) is -3.62. The number of furan rings is 1. The smallest absolute Gasteiger partial charge is 0.243 e. The molecule has 1 fully saturated rings. The Hall–Kier alpha value is -3.10. The summed E-state index contributed by atoms with van der Waals surface area (Å²) >= 11 is 0. The van der Waals surface area contributed by atoms with Crippen molar-refractivity contribution in [2.45, 2.75) is 38.1 Å². The Morgan fingerprint density at radius 1 is 1.06 bits per heavy atom. The maximum absolute atomic E-state index is 13.5. The average Bonchev–Trinajstić information content (AvgIpc) is 3.37. The van der Waals surface area contributed by atoms with E-state index >= 15 is 0 Å².